The van der Waals surface area contributed by atoms with Crippen molar-refractivity contribution in [2.24, 2.45) is 0 Å². The Hall–Kier alpha value is -1.41. The zero-order valence-corrected chi connectivity index (χ0v) is 12.6. The Morgan fingerprint density at radius 1 is 1.11 bits per heavy atom. The molecule has 0 bridgehead atoms. The van der Waals surface area contributed by atoms with Crippen molar-refractivity contribution in [3.63, 3.8) is 0 Å². The highest BCUT2D eigenvalue weighted by Crippen LogP contribution is 2.36. The molecule has 0 unspecified atom stereocenters. The van der Waals surface area contributed by atoms with Gasteiger partial charge in [0.15, 0.2) is 5.75 Å². The summed E-state index contributed by atoms with van der Waals surface area (Å²) in [5, 5.41) is 9.71. The third-order valence-corrected chi connectivity index (χ3v) is 3.55. The molecule has 2 aromatic carbocycles. The van der Waals surface area contributed by atoms with Crippen LogP contribution in [-0.4, -0.2) is 0 Å². The van der Waals surface area contributed by atoms with E-state index < -0.39 is 0 Å². The van der Waals surface area contributed by atoms with Crippen LogP contribution >= 0.6 is 39.1 Å². The van der Waals surface area contributed by atoms with Crippen LogP contribution in [-0.2, 0) is 0 Å². The summed E-state index contributed by atoms with van der Waals surface area (Å²) < 4.78 is 6.42. The van der Waals surface area contributed by atoms with E-state index >= 15 is 0 Å². The van der Waals surface area contributed by atoms with Gasteiger partial charge in [0, 0.05) is 10.5 Å². The molecule has 0 atom stereocenters. The smallest absolute Gasteiger partial charge is 0.151 e. The van der Waals surface area contributed by atoms with Gasteiger partial charge in [0.25, 0.3) is 0 Å². The van der Waals surface area contributed by atoms with E-state index in [0.29, 0.717) is 32.8 Å². The van der Waals surface area contributed by atoms with Crippen molar-refractivity contribution in [2.75, 3.05) is 5.73 Å². The molecule has 0 saturated heterocycles. The molecule has 0 radical (unpaired) electrons. The SMILES string of the molecule is N#Cc1ccc(Br)cc1Oc1cc(Cl)c(Cl)cc1N. The molecule has 2 aromatic rings. The molecule has 6 heteroatoms. The highest BCUT2D eigenvalue weighted by Gasteiger charge is 2.10. The lowest BCUT2D eigenvalue weighted by molar-refractivity contribution is 0.483. The van der Waals surface area contributed by atoms with E-state index in [1.807, 2.05) is 6.07 Å². The van der Waals surface area contributed by atoms with Crippen molar-refractivity contribution in [3.8, 4) is 17.6 Å². The van der Waals surface area contributed by atoms with E-state index in [9.17, 15) is 0 Å². The molecule has 19 heavy (non-hydrogen) atoms. The second-order valence-corrected chi connectivity index (χ2v) is 5.39. The van der Waals surface area contributed by atoms with Gasteiger partial charge in [0.2, 0.25) is 0 Å². The Balaban J connectivity index is 2.45. The molecular weight excluding hydrogens is 351 g/mol. The average Bonchev–Trinajstić information content (AvgIpc) is 2.36. The highest BCUT2D eigenvalue weighted by atomic mass is 79.9. The van der Waals surface area contributed by atoms with Crippen LogP contribution in [0.1, 0.15) is 5.56 Å². The molecule has 0 spiro atoms. The van der Waals surface area contributed by atoms with Crippen LogP contribution in [0, 0.1) is 11.3 Å². The van der Waals surface area contributed by atoms with Gasteiger partial charge < -0.3 is 10.5 Å². The van der Waals surface area contributed by atoms with Gasteiger partial charge >= 0.3 is 0 Å². The van der Waals surface area contributed by atoms with E-state index in [-0.39, 0.29) is 0 Å². The van der Waals surface area contributed by atoms with Crippen molar-refractivity contribution in [2.45, 2.75) is 0 Å². The topological polar surface area (TPSA) is 59.0 Å². The molecule has 3 nitrogen and oxygen atoms in total. The van der Waals surface area contributed by atoms with E-state index in [4.69, 9.17) is 38.9 Å². The van der Waals surface area contributed by atoms with Crippen LogP contribution in [0.15, 0.2) is 34.8 Å². The summed E-state index contributed by atoms with van der Waals surface area (Å²) >= 11 is 15.1. The van der Waals surface area contributed by atoms with Crippen molar-refractivity contribution in [1.82, 2.24) is 0 Å². The molecule has 0 aliphatic rings. The quantitative estimate of drug-likeness (QED) is 0.769. The summed E-state index contributed by atoms with van der Waals surface area (Å²) in [6.45, 7) is 0. The monoisotopic (exact) mass is 356 g/mol. The van der Waals surface area contributed by atoms with Gasteiger partial charge in [0.05, 0.1) is 21.3 Å². The zero-order chi connectivity index (χ0) is 14.0. The summed E-state index contributed by atoms with van der Waals surface area (Å²) in [6.07, 6.45) is 0. The minimum absolute atomic E-state index is 0.333. The number of halogens is 3. The first kappa shape index (κ1) is 14.0. The minimum atomic E-state index is 0.333. The number of nitrogens with two attached hydrogens (primary N) is 1. The standard InChI is InChI=1S/C13H7BrCl2N2O/c14-8-2-1-7(6-17)12(3-8)19-13-5-10(16)9(15)4-11(13)18/h1-5H,18H2. The van der Waals surface area contributed by atoms with Gasteiger partial charge in [-0.1, -0.05) is 39.1 Å². The van der Waals surface area contributed by atoms with Gasteiger partial charge in [0.1, 0.15) is 11.8 Å². The van der Waals surface area contributed by atoms with Crippen molar-refractivity contribution in [1.29, 1.82) is 5.26 Å². The zero-order valence-electron chi connectivity index (χ0n) is 9.45. The van der Waals surface area contributed by atoms with E-state index in [1.165, 1.54) is 12.1 Å². The Bertz CT molecular complexity index is 683. The first-order valence-corrected chi connectivity index (χ1v) is 6.68. The molecule has 0 saturated carbocycles. The van der Waals surface area contributed by atoms with Gasteiger partial charge in [-0.3, -0.25) is 0 Å². The van der Waals surface area contributed by atoms with Crippen molar-refractivity contribution >= 4 is 44.8 Å². The van der Waals surface area contributed by atoms with E-state index in [0.717, 1.165) is 4.47 Å². The van der Waals surface area contributed by atoms with Gasteiger partial charge in [-0.2, -0.15) is 5.26 Å². The molecule has 0 aliphatic heterocycles. The predicted molar refractivity (Wildman–Crippen MR) is 79.8 cm³/mol. The lowest BCUT2D eigenvalue weighted by Crippen LogP contribution is -1.94. The number of hydrogen-bond donors (Lipinski definition) is 1. The van der Waals surface area contributed by atoms with Crippen LogP contribution in [0.25, 0.3) is 0 Å². The summed E-state index contributed by atoms with van der Waals surface area (Å²) in [7, 11) is 0. The third kappa shape index (κ3) is 3.13. The number of nitrogens with zero attached hydrogens (tertiary/aromatic N) is 1. The highest BCUT2D eigenvalue weighted by molar-refractivity contribution is 9.10. The lowest BCUT2D eigenvalue weighted by Gasteiger charge is -2.11. The number of anilines is 1. The third-order valence-electron chi connectivity index (χ3n) is 2.34. The molecular formula is C13H7BrCl2N2O. The molecule has 96 valence electrons. The van der Waals surface area contributed by atoms with Crippen molar-refractivity contribution < 1.29 is 4.74 Å². The maximum Gasteiger partial charge on any atom is 0.151 e. The second kappa shape index (κ2) is 5.70. The first-order chi connectivity index (χ1) is 9.01. The summed E-state index contributed by atoms with van der Waals surface area (Å²) in [5.74, 6) is 0.742. The minimum Gasteiger partial charge on any atom is -0.454 e. The molecule has 0 heterocycles. The Kier molecular flexibility index (Phi) is 4.20. The number of ether oxygens (including phenoxy) is 1. The largest absolute Gasteiger partial charge is 0.454 e. The van der Waals surface area contributed by atoms with Crippen LogP contribution in [0.3, 0.4) is 0 Å². The Morgan fingerprint density at radius 2 is 1.79 bits per heavy atom. The van der Waals surface area contributed by atoms with Crippen LogP contribution in [0.4, 0.5) is 5.69 Å². The number of rotatable bonds is 2. The number of nitrogen functional groups attached to an aromatic ring is 1. The summed E-state index contributed by atoms with van der Waals surface area (Å²) in [5.41, 5.74) is 6.55. The maximum absolute atomic E-state index is 9.03. The number of nitriles is 1. The number of benzene rings is 2. The molecule has 2 N–H and O–H groups in total. The second-order valence-electron chi connectivity index (χ2n) is 3.66. The van der Waals surface area contributed by atoms with E-state index in [1.54, 1.807) is 18.2 Å². The summed E-state index contributed by atoms with van der Waals surface area (Å²) in [6, 6.07) is 10.1. The Morgan fingerprint density at radius 3 is 2.47 bits per heavy atom. The Labute approximate surface area is 128 Å². The van der Waals surface area contributed by atoms with E-state index in [2.05, 4.69) is 15.9 Å². The molecule has 2 rings (SSSR count). The van der Waals surface area contributed by atoms with Crippen molar-refractivity contribution in [3.05, 3.63) is 50.4 Å². The summed E-state index contributed by atoms with van der Waals surface area (Å²) in [4.78, 5) is 0. The van der Waals surface area contributed by atoms with Gasteiger partial charge in [-0.15, -0.1) is 0 Å². The first-order valence-electron chi connectivity index (χ1n) is 5.13. The van der Waals surface area contributed by atoms with Gasteiger partial charge in [-0.05, 0) is 24.3 Å². The van der Waals surface area contributed by atoms with Gasteiger partial charge in [-0.25, -0.2) is 0 Å². The normalized spacial score (nSPS) is 10.0. The molecule has 0 amide bonds. The molecule has 0 aliphatic carbocycles. The fraction of sp³-hybridized carbons (Fsp3) is 0. The fourth-order valence-corrected chi connectivity index (χ4v) is 2.09. The lowest BCUT2D eigenvalue weighted by atomic mass is 10.2. The average molecular weight is 358 g/mol. The molecule has 0 aromatic heterocycles. The molecule has 0 fully saturated rings. The number of hydrogen-bond acceptors (Lipinski definition) is 3. The van der Waals surface area contributed by atoms with Crippen LogP contribution in [0.2, 0.25) is 10.0 Å². The maximum atomic E-state index is 9.03. The van der Waals surface area contributed by atoms with Crippen LogP contribution in [0.5, 0.6) is 11.5 Å². The fourth-order valence-electron chi connectivity index (χ4n) is 1.42. The predicted octanol–water partition coefficient (Wildman–Crippen LogP) is 5.00. The van der Waals surface area contributed by atoms with Crippen LogP contribution < -0.4 is 10.5 Å².